The minimum Gasteiger partial charge on any atom is -0.497 e. The van der Waals surface area contributed by atoms with Crippen molar-refractivity contribution in [3.8, 4) is 5.75 Å². The molecule has 1 aromatic heterocycles. The molecule has 2 aliphatic heterocycles. The number of benzene rings is 2. The molecule has 3 aromatic rings. The fourth-order valence-electron chi connectivity index (χ4n) is 4.70. The van der Waals surface area contributed by atoms with Crippen LogP contribution < -0.4 is 15.0 Å². The minimum atomic E-state index is -0.404. The van der Waals surface area contributed by atoms with Crippen molar-refractivity contribution in [2.45, 2.75) is 32.7 Å². The average Bonchev–Trinajstić information content (AvgIpc) is 3.43. The highest BCUT2D eigenvalue weighted by atomic mass is 32.1. The summed E-state index contributed by atoms with van der Waals surface area (Å²) in [6, 6.07) is 13.7. The number of fused-ring (bicyclic) bond motifs is 1. The van der Waals surface area contributed by atoms with Crippen molar-refractivity contribution in [1.29, 1.82) is 0 Å². The molecule has 0 bridgehead atoms. The first-order valence-electron chi connectivity index (χ1n) is 11.9. The number of amides is 2. The van der Waals surface area contributed by atoms with E-state index in [9.17, 15) is 9.59 Å². The van der Waals surface area contributed by atoms with E-state index in [4.69, 9.17) is 4.74 Å². The van der Waals surface area contributed by atoms with E-state index in [0.717, 1.165) is 47.2 Å². The molecule has 3 heterocycles. The maximum atomic E-state index is 12.9. The summed E-state index contributed by atoms with van der Waals surface area (Å²) in [6.45, 7) is 5.94. The Morgan fingerprint density at radius 3 is 2.68 bits per heavy atom. The van der Waals surface area contributed by atoms with E-state index in [1.165, 1.54) is 29.7 Å². The average molecular weight is 479 g/mol. The molecular weight excluding hydrogens is 448 g/mol. The van der Waals surface area contributed by atoms with Crippen molar-refractivity contribution in [3.05, 3.63) is 48.0 Å². The molecule has 1 unspecified atom stereocenters. The summed E-state index contributed by atoms with van der Waals surface area (Å²) in [5, 5.41) is 3.53. The Kier molecular flexibility index (Phi) is 6.52. The molecule has 2 fully saturated rings. The molecule has 7 nitrogen and oxygen atoms in total. The molecule has 178 valence electrons. The van der Waals surface area contributed by atoms with E-state index in [1.54, 1.807) is 12.0 Å². The Bertz CT molecular complexity index is 1180. The number of methoxy groups -OCH3 is 1. The number of anilines is 2. The van der Waals surface area contributed by atoms with Crippen LogP contribution in [0.2, 0.25) is 0 Å². The van der Waals surface area contributed by atoms with Crippen LogP contribution in [0.15, 0.2) is 42.5 Å². The number of rotatable bonds is 6. The fourth-order valence-corrected chi connectivity index (χ4v) is 5.63. The van der Waals surface area contributed by atoms with Crippen LogP contribution in [0.3, 0.4) is 0 Å². The smallest absolute Gasteiger partial charge is 0.231 e. The Hall–Kier alpha value is -2.97. The molecule has 0 aliphatic carbocycles. The van der Waals surface area contributed by atoms with Gasteiger partial charge in [-0.1, -0.05) is 24.3 Å². The maximum absolute atomic E-state index is 12.9. The van der Waals surface area contributed by atoms with E-state index in [0.29, 0.717) is 11.7 Å². The standard InChI is InChI=1S/C26H30N4O3S/c1-17-9-11-29(12-10-17)15-18-3-8-22-23(13-18)34-26(27-22)28-25(32)19-14-24(31)30(16-19)20-4-6-21(33-2)7-5-20/h3-8,13,17,19H,9-12,14-16H2,1-2H3,(H,27,28,32). The monoisotopic (exact) mass is 478 g/mol. The van der Waals surface area contributed by atoms with Gasteiger partial charge in [-0.25, -0.2) is 4.98 Å². The van der Waals surface area contributed by atoms with E-state index in [2.05, 4.69) is 34.3 Å². The third-order valence-corrected chi connectivity index (χ3v) is 7.78. The number of thiazole rings is 1. The van der Waals surface area contributed by atoms with Gasteiger partial charge in [0.1, 0.15) is 5.75 Å². The molecule has 1 N–H and O–H groups in total. The van der Waals surface area contributed by atoms with Crippen LogP contribution in [0, 0.1) is 11.8 Å². The van der Waals surface area contributed by atoms with Crippen molar-refractivity contribution >= 4 is 44.2 Å². The summed E-state index contributed by atoms with van der Waals surface area (Å²) in [5.41, 5.74) is 2.94. The SMILES string of the molecule is COc1ccc(N2CC(C(=O)Nc3nc4ccc(CN5CCC(C)CC5)cc4s3)CC2=O)cc1. The molecule has 8 heteroatoms. The molecule has 2 saturated heterocycles. The number of ether oxygens (including phenoxy) is 1. The number of hydrogen-bond acceptors (Lipinski definition) is 6. The topological polar surface area (TPSA) is 74.8 Å². The molecule has 2 amide bonds. The summed E-state index contributed by atoms with van der Waals surface area (Å²) in [4.78, 5) is 34.2. The lowest BCUT2D eigenvalue weighted by Crippen LogP contribution is -2.32. The zero-order valence-electron chi connectivity index (χ0n) is 19.6. The summed E-state index contributed by atoms with van der Waals surface area (Å²) in [7, 11) is 1.61. The van der Waals surface area contributed by atoms with Crippen molar-refractivity contribution in [3.63, 3.8) is 0 Å². The predicted molar refractivity (Wildman–Crippen MR) is 135 cm³/mol. The van der Waals surface area contributed by atoms with Crippen molar-refractivity contribution in [2.24, 2.45) is 11.8 Å². The molecule has 1 atom stereocenters. The van der Waals surface area contributed by atoms with Crippen LogP contribution in [0.1, 0.15) is 31.7 Å². The Balaban J connectivity index is 1.22. The van der Waals surface area contributed by atoms with Gasteiger partial charge in [-0.2, -0.15) is 0 Å². The number of nitrogens with one attached hydrogen (secondary N) is 1. The molecule has 0 saturated carbocycles. The Labute approximate surface area is 203 Å². The Morgan fingerprint density at radius 1 is 1.18 bits per heavy atom. The van der Waals surface area contributed by atoms with Crippen molar-refractivity contribution in [2.75, 3.05) is 37.0 Å². The Morgan fingerprint density at radius 2 is 1.94 bits per heavy atom. The highest BCUT2D eigenvalue weighted by molar-refractivity contribution is 7.22. The zero-order valence-corrected chi connectivity index (χ0v) is 20.4. The van der Waals surface area contributed by atoms with Gasteiger partial charge in [-0.3, -0.25) is 14.5 Å². The lowest BCUT2D eigenvalue weighted by atomic mass is 9.99. The fraction of sp³-hybridized carbons (Fsp3) is 0.423. The first-order chi connectivity index (χ1) is 16.5. The van der Waals surface area contributed by atoms with E-state index in [-0.39, 0.29) is 18.2 Å². The van der Waals surface area contributed by atoms with E-state index < -0.39 is 5.92 Å². The number of carbonyl (C=O) groups excluding carboxylic acids is 2. The molecule has 0 spiro atoms. The quantitative estimate of drug-likeness (QED) is 0.564. The van der Waals surface area contributed by atoms with Crippen LogP contribution in [-0.4, -0.2) is 48.4 Å². The maximum Gasteiger partial charge on any atom is 0.231 e. The van der Waals surface area contributed by atoms with Crippen LogP contribution >= 0.6 is 11.3 Å². The van der Waals surface area contributed by atoms with Crippen LogP contribution in [-0.2, 0) is 16.1 Å². The minimum absolute atomic E-state index is 0.0497. The summed E-state index contributed by atoms with van der Waals surface area (Å²) in [6.07, 6.45) is 2.72. The second-order valence-corrected chi connectivity index (χ2v) is 10.4. The molecule has 0 radical (unpaired) electrons. The second kappa shape index (κ2) is 9.72. The molecule has 2 aliphatic rings. The first kappa shape index (κ1) is 22.8. The van der Waals surface area contributed by atoms with Crippen molar-refractivity contribution < 1.29 is 14.3 Å². The summed E-state index contributed by atoms with van der Waals surface area (Å²) >= 11 is 1.49. The number of piperidine rings is 1. The second-order valence-electron chi connectivity index (χ2n) is 9.37. The zero-order chi connectivity index (χ0) is 23.7. The third kappa shape index (κ3) is 4.93. The third-order valence-electron chi connectivity index (χ3n) is 6.85. The normalized spacial score (nSPS) is 19.6. The number of likely N-dealkylation sites (tertiary alicyclic amines) is 1. The number of nitrogens with zero attached hydrogens (tertiary/aromatic N) is 3. The lowest BCUT2D eigenvalue weighted by Gasteiger charge is -2.30. The van der Waals surface area contributed by atoms with Crippen molar-refractivity contribution in [1.82, 2.24) is 9.88 Å². The molecule has 2 aromatic carbocycles. The highest BCUT2D eigenvalue weighted by Crippen LogP contribution is 2.31. The van der Waals surface area contributed by atoms with Gasteiger partial charge in [0.05, 0.1) is 23.2 Å². The van der Waals surface area contributed by atoms with Gasteiger partial charge >= 0.3 is 0 Å². The van der Waals surface area contributed by atoms with Gasteiger partial charge in [-0.05, 0) is 73.8 Å². The van der Waals surface area contributed by atoms with E-state index >= 15 is 0 Å². The first-order valence-corrected chi connectivity index (χ1v) is 12.7. The van der Waals surface area contributed by atoms with Gasteiger partial charge in [-0.15, -0.1) is 0 Å². The summed E-state index contributed by atoms with van der Waals surface area (Å²) in [5.74, 6) is 0.940. The lowest BCUT2D eigenvalue weighted by molar-refractivity contribution is -0.122. The summed E-state index contributed by atoms with van der Waals surface area (Å²) < 4.78 is 6.25. The number of aromatic nitrogens is 1. The highest BCUT2D eigenvalue weighted by Gasteiger charge is 2.35. The van der Waals surface area contributed by atoms with Gasteiger partial charge in [0, 0.05) is 25.2 Å². The predicted octanol–water partition coefficient (Wildman–Crippen LogP) is 4.53. The molecular formula is C26H30N4O3S. The molecule has 5 rings (SSSR count). The van der Waals surface area contributed by atoms with E-state index in [1.807, 2.05) is 30.3 Å². The number of carbonyl (C=O) groups is 2. The van der Waals surface area contributed by atoms with Gasteiger partial charge < -0.3 is 15.0 Å². The largest absolute Gasteiger partial charge is 0.497 e. The van der Waals surface area contributed by atoms with Gasteiger partial charge in [0.2, 0.25) is 11.8 Å². The molecule has 34 heavy (non-hydrogen) atoms. The van der Waals surface area contributed by atoms with Gasteiger partial charge in [0.15, 0.2) is 5.13 Å². The van der Waals surface area contributed by atoms with Gasteiger partial charge in [0.25, 0.3) is 0 Å². The van der Waals surface area contributed by atoms with Crippen LogP contribution in [0.5, 0.6) is 5.75 Å². The van der Waals surface area contributed by atoms with Crippen LogP contribution in [0.25, 0.3) is 10.2 Å². The number of hydrogen-bond donors (Lipinski definition) is 1. The van der Waals surface area contributed by atoms with Crippen LogP contribution in [0.4, 0.5) is 10.8 Å².